The lowest BCUT2D eigenvalue weighted by atomic mass is 10.2. The molecule has 1 amide bonds. The van der Waals surface area contributed by atoms with Crippen LogP contribution in [0.1, 0.15) is 27.2 Å². The van der Waals surface area contributed by atoms with Crippen molar-refractivity contribution >= 4 is 40.8 Å². The quantitative estimate of drug-likeness (QED) is 0.454. The molecular formula is C20H24ClN3O5. The SMILES string of the molecule is CCC(=O)N1CCN(c2c(Cl)cccc2NC=C2C(=O)OC(C)(C)OC2=O)CC1. The highest BCUT2D eigenvalue weighted by Gasteiger charge is 2.39. The Balaban J connectivity index is 1.78. The number of carbonyl (C=O) groups is 3. The number of esters is 2. The molecule has 0 radical (unpaired) electrons. The molecule has 0 unspecified atom stereocenters. The van der Waals surface area contributed by atoms with Gasteiger partial charge in [-0.15, -0.1) is 0 Å². The highest BCUT2D eigenvalue weighted by molar-refractivity contribution is 6.34. The topological polar surface area (TPSA) is 88.2 Å². The van der Waals surface area contributed by atoms with Crippen LogP contribution in [0.15, 0.2) is 30.0 Å². The smallest absolute Gasteiger partial charge is 0.350 e. The summed E-state index contributed by atoms with van der Waals surface area (Å²) in [4.78, 5) is 40.0. The van der Waals surface area contributed by atoms with Gasteiger partial charge in [0.1, 0.15) is 0 Å². The summed E-state index contributed by atoms with van der Waals surface area (Å²) in [6.07, 6.45) is 1.75. The highest BCUT2D eigenvalue weighted by Crippen LogP contribution is 2.35. The molecule has 9 heteroatoms. The predicted molar refractivity (Wildman–Crippen MR) is 109 cm³/mol. The van der Waals surface area contributed by atoms with Gasteiger partial charge in [-0.1, -0.05) is 24.6 Å². The number of hydrogen-bond donors (Lipinski definition) is 1. The Hall–Kier alpha value is -2.74. The van der Waals surface area contributed by atoms with Crippen LogP contribution >= 0.6 is 11.6 Å². The third-order valence-corrected chi connectivity index (χ3v) is 5.03. The first-order chi connectivity index (χ1) is 13.7. The van der Waals surface area contributed by atoms with Gasteiger partial charge in [0.2, 0.25) is 5.91 Å². The first kappa shape index (κ1) is 21.0. The molecule has 2 saturated heterocycles. The van der Waals surface area contributed by atoms with Crippen molar-refractivity contribution in [1.82, 2.24) is 4.90 Å². The lowest BCUT2D eigenvalue weighted by Crippen LogP contribution is -2.48. The minimum Gasteiger partial charge on any atom is -0.419 e. The zero-order chi connectivity index (χ0) is 21.2. The molecule has 0 spiro atoms. The summed E-state index contributed by atoms with van der Waals surface area (Å²) >= 11 is 6.44. The van der Waals surface area contributed by atoms with Crippen LogP contribution in [0.25, 0.3) is 0 Å². The van der Waals surface area contributed by atoms with Crippen molar-refractivity contribution < 1.29 is 23.9 Å². The van der Waals surface area contributed by atoms with Gasteiger partial charge in [0, 0.05) is 52.6 Å². The van der Waals surface area contributed by atoms with Gasteiger partial charge >= 0.3 is 11.9 Å². The predicted octanol–water partition coefficient (Wildman–Crippen LogP) is 2.53. The van der Waals surface area contributed by atoms with Crippen LogP contribution in [-0.4, -0.2) is 54.7 Å². The average Bonchev–Trinajstić information content (AvgIpc) is 2.66. The molecule has 0 aliphatic carbocycles. The van der Waals surface area contributed by atoms with Crippen LogP contribution in [0.2, 0.25) is 5.02 Å². The second kappa shape index (κ2) is 8.32. The van der Waals surface area contributed by atoms with E-state index >= 15 is 0 Å². The standard InChI is InChI=1S/C20H24ClN3O5/c1-4-16(25)23-8-10-24(11-9-23)17-14(21)6-5-7-15(17)22-12-13-18(26)28-20(2,3)29-19(13)27/h5-7,12,22H,4,8-11H2,1-3H3. The van der Waals surface area contributed by atoms with E-state index in [-0.39, 0.29) is 11.5 Å². The van der Waals surface area contributed by atoms with Crippen LogP contribution in [0.3, 0.4) is 0 Å². The Morgan fingerprint density at radius 1 is 1.17 bits per heavy atom. The molecule has 1 aromatic carbocycles. The fourth-order valence-electron chi connectivity index (χ4n) is 3.28. The molecule has 29 heavy (non-hydrogen) atoms. The Bertz CT molecular complexity index is 838. The molecule has 156 valence electrons. The fraction of sp³-hybridized carbons (Fsp3) is 0.450. The van der Waals surface area contributed by atoms with Crippen molar-refractivity contribution in [3.05, 3.63) is 35.0 Å². The lowest BCUT2D eigenvalue weighted by molar-refractivity contribution is -0.222. The number of ether oxygens (including phenoxy) is 2. The first-order valence-electron chi connectivity index (χ1n) is 9.46. The summed E-state index contributed by atoms with van der Waals surface area (Å²) in [5.41, 5.74) is 1.15. The van der Waals surface area contributed by atoms with Gasteiger partial charge in [0.15, 0.2) is 5.57 Å². The average molecular weight is 422 g/mol. The zero-order valence-electron chi connectivity index (χ0n) is 16.7. The van der Waals surface area contributed by atoms with E-state index in [1.54, 1.807) is 18.2 Å². The maximum Gasteiger partial charge on any atom is 0.350 e. The van der Waals surface area contributed by atoms with Crippen molar-refractivity contribution in [2.45, 2.75) is 33.0 Å². The van der Waals surface area contributed by atoms with E-state index in [4.69, 9.17) is 21.1 Å². The van der Waals surface area contributed by atoms with E-state index in [1.807, 2.05) is 11.8 Å². The molecule has 1 aromatic rings. The molecule has 8 nitrogen and oxygen atoms in total. The Labute approximate surface area is 174 Å². The molecule has 2 fully saturated rings. The van der Waals surface area contributed by atoms with E-state index in [9.17, 15) is 14.4 Å². The number of halogens is 1. The maximum absolute atomic E-state index is 12.1. The first-order valence-corrected chi connectivity index (χ1v) is 9.84. The van der Waals surface area contributed by atoms with Gasteiger partial charge in [-0.2, -0.15) is 0 Å². The summed E-state index contributed by atoms with van der Waals surface area (Å²) in [6.45, 7) is 7.28. The number of nitrogens with zero attached hydrogens (tertiary/aromatic N) is 2. The molecule has 2 aliphatic rings. The van der Waals surface area contributed by atoms with Crippen LogP contribution < -0.4 is 10.2 Å². The van der Waals surface area contributed by atoms with E-state index in [2.05, 4.69) is 10.2 Å². The fourth-order valence-corrected chi connectivity index (χ4v) is 3.58. The molecule has 0 bridgehead atoms. The second-order valence-electron chi connectivity index (χ2n) is 7.24. The molecule has 3 rings (SSSR count). The van der Waals surface area contributed by atoms with E-state index in [0.29, 0.717) is 43.3 Å². The van der Waals surface area contributed by atoms with Crippen molar-refractivity contribution in [2.75, 3.05) is 36.4 Å². The molecule has 2 aliphatic heterocycles. The van der Waals surface area contributed by atoms with Gasteiger partial charge < -0.3 is 24.6 Å². The minimum atomic E-state index is -1.29. The number of hydrogen-bond acceptors (Lipinski definition) is 7. The van der Waals surface area contributed by atoms with Crippen molar-refractivity contribution in [2.24, 2.45) is 0 Å². The highest BCUT2D eigenvalue weighted by atomic mass is 35.5. The van der Waals surface area contributed by atoms with Crippen LogP contribution in [-0.2, 0) is 23.9 Å². The number of benzene rings is 1. The number of carbonyl (C=O) groups excluding carboxylic acids is 3. The Morgan fingerprint density at radius 2 is 1.79 bits per heavy atom. The van der Waals surface area contributed by atoms with Crippen LogP contribution in [0.5, 0.6) is 0 Å². The largest absolute Gasteiger partial charge is 0.419 e. The number of para-hydroxylation sites is 1. The third-order valence-electron chi connectivity index (χ3n) is 4.73. The number of anilines is 2. The Kier molecular flexibility index (Phi) is 6.02. The Morgan fingerprint density at radius 3 is 2.38 bits per heavy atom. The number of cyclic esters (lactones) is 2. The minimum absolute atomic E-state index is 0.129. The van der Waals surface area contributed by atoms with Crippen LogP contribution in [0.4, 0.5) is 11.4 Å². The molecular weight excluding hydrogens is 398 g/mol. The third kappa shape index (κ3) is 4.64. The van der Waals surface area contributed by atoms with E-state index in [1.165, 1.54) is 20.0 Å². The molecule has 2 heterocycles. The van der Waals surface area contributed by atoms with Gasteiger partial charge in [-0.3, -0.25) is 4.79 Å². The number of piperazine rings is 1. The number of nitrogens with one attached hydrogen (secondary N) is 1. The van der Waals surface area contributed by atoms with Crippen molar-refractivity contribution in [3.8, 4) is 0 Å². The molecule has 1 N–H and O–H groups in total. The zero-order valence-corrected chi connectivity index (χ0v) is 17.4. The van der Waals surface area contributed by atoms with Gasteiger partial charge in [0.05, 0.1) is 16.4 Å². The summed E-state index contributed by atoms with van der Waals surface area (Å²) in [5, 5.41) is 3.51. The molecule has 0 saturated carbocycles. The van der Waals surface area contributed by atoms with Crippen molar-refractivity contribution in [1.29, 1.82) is 0 Å². The van der Waals surface area contributed by atoms with Gasteiger partial charge in [-0.25, -0.2) is 9.59 Å². The number of amides is 1. The van der Waals surface area contributed by atoms with Gasteiger partial charge in [0.25, 0.3) is 5.79 Å². The summed E-state index contributed by atoms with van der Waals surface area (Å²) in [7, 11) is 0. The van der Waals surface area contributed by atoms with E-state index in [0.717, 1.165) is 5.69 Å². The van der Waals surface area contributed by atoms with Crippen molar-refractivity contribution in [3.63, 3.8) is 0 Å². The second-order valence-corrected chi connectivity index (χ2v) is 7.65. The number of rotatable bonds is 4. The summed E-state index contributed by atoms with van der Waals surface area (Å²) in [6, 6.07) is 5.33. The summed E-state index contributed by atoms with van der Waals surface area (Å²) in [5.74, 6) is -2.67. The molecule has 0 atom stereocenters. The summed E-state index contributed by atoms with van der Waals surface area (Å²) < 4.78 is 10.2. The maximum atomic E-state index is 12.1. The molecule has 0 aromatic heterocycles. The normalized spacial score (nSPS) is 18.8. The van der Waals surface area contributed by atoms with Crippen LogP contribution in [0, 0.1) is 0 Å². The van der Waals surface area contributed by atoms with E-state index < -0.39 is 17.7 Å². The monoisotopic (exact) mass is 421 g/mol. The lowest BCUT2D eigenvalue weighted by Gasteiger charge is -2.37. The van der Waals surface area contributed by atoms with Gasteiger partial charge in [-0.05, 0) is 12.1 Å².